The molecule has 0 spiro atoms. The number of nitro groups is 1. The van der Waals surface area contributed by atoms with E-state index in [1.165, 1.54) is 0 Å². The number of fused-ring (bicyclic) bond motifs is 3. The lowest BCUT2D eigenvalue weighted by molar-refractivity contribution is -0.385. The molecule has 88 valence electrons. The number of aromatic nitrogens is 1. The van der Waals surface area contributed by atoms with Crippen molar-refractivity contribution in [3.63, 3.8) is 0 Å². The van der Waals surface area contributed by atoms with Gasteiger partial charge in [0, 0.05) is 23.0 Å². The van der Waals surface area contributed by atoms with Gasteiger partial charge in [-0.2, -0.15) is 0 Å². The molecule has 0 unspecified atom stereocenters. The Morgan fingerprint density at radius 2 is 1.89 bits per heavy atom. The average Bonchev–Trinajstić information content (AvgIpc) is 2.38. The van der Waals surface area contributed by atoms with Crippen LogP contribution in [0, 0.1) is 17.0 Å². The highest BCUT2D eigenvalue weighted by Gasteiger charge is 2.14. The summed E-state index contributed by atoms with van der Waals surface area (Å²) in [6.07, 6.45) is 1.76. The molecule has 2 aromatic carbocycles. The van der Waals surface area contributed by atoms with Crippen molar-refractivity contribution >= 4 is 27.4 Å². The first-order valence-electron chi connectivity index (χ1n) is 5.60. The lowest BCUT2D eigenvalue weighted by Gasteiger charge is -2.05. The van der Waals surface area contributed by atoms with E-state index in [1.54, 1.807) is 25.3 Å². The summed E-state index contributed by atoms with van der Waals surface area (Å²) in [5.41, 5.74) is 1.43. The van der Waals surface area contributed by atoms with Crippen LogP contribution < -0.4 is 0 Å². The Bertz CT molecular complexity index is 781. The van der Waals surface area contributed by atoms with Crippen molar-refractivity contribution in [2.45, 2.75) is 6.92 Å². The molecule has 0 saturated heterocycles. The van der Waals surface area contributed by atoms with Gasteiger partial charge in [0.05, 0.1) is 16.0 Å². The van der Waals surface area contributed by atoms with Gasteiger partial charge in [-0.25, -0.2) is 0 Å². The number of aryl methyl sites for hydroxylation is 1. The first kappa shape index (κ1) is 10.7. The normalized spacial score (nSPS) is 10.9. The molecule has 0 aliphatic heterocycles. The number of benzene rings is 2. The number of rotatable bonds is 1. The maximum atomic E-state index is 10.9. The molecule has 0 fully saturated rings. The Hall–Kier alpha value is -2.49. The van der Waals surface area contributed by atoms with Gasteiger partial charge in [-0.1, -0.05) is 24.3 Å². The minimum Gasteiger partial charge on any atom is -0.258 e. The Balaban J connectivity index is 2.48. The fourth-order valence-electron chi connectivity index (χ4n) is 2.26. The van der Waals surface area contributed by atoms with Crippen molar-refractivity contribution in [3.05, 3.63) is 58.3 Å². The van der Waals surface area contributed by atoms with Crippen molar-refractivity contribution in [1.29, 1.82) is 0 Å². The number of pyridine rings is 1. The molecular formula is C14H10N2O2. The minimum absolute atomic E-state index is 0.116. The van der Waals surface area contributed by atoms with Gasteiger partial charge in [0.1, 0.15) is 0 Å². The van der Waals surface area contributed by atoms with Crippen LogP contribution in [-0.2, 0) is 0 Å². The number of hydrogen-bond donors (Lipinski definition) is 0. The van der Waals surface area contributed by atoms with Crippen molar-refractivity contribution in [1.82, 2.24) is 4.98 Å². The van der Waals surface area contributed by atoms with E-state index in [2.05, 4.69) is 4.98 Å². The lowest BCUT2D eigenvalue weighted by Crippen LogP contribution is -1.94. The van der Waals surface area contributed by atoms with Gasteiger partial charge >= 0.3 is 0 Å². The van der Waals surface area contributed by atoms with Gasteiger partial charge in [0.25, 0.3) is 5.69 Å². The van der Waals surface area contributed by atoms with E-state index < -0.39 is 0 Å². The summed E-state index contributed by atoms with van der Waals surface area (Å²) >= 11 is 0. The van der Waals surface area contributed by atoms with E-state index in [0.29, 0.717) is 11.1 Å². The second kappa shape index (κ2) is 3.77. The maximum Gasteiger partial charge on any atom is 0.274 e. The second-order valence-corrected chi connectivity index (χ2v) is 4.21. The average molecular weight is 238 g/mol. The molecule has 1 heterocycles. The molecule has 0 N–H and O–H groups in total. The van der Waals surface area contributed by atoms with E-state index >= 15 is 0 Å². The van der Waals surface area contributed by atoms with Crippen LogP contribution in [0.15, 0.2) is 42.6 Å². The first-order chi connectivity index (χ1) is 8.68. The van der Waals surface area contributed by atoms with Crippen molar-refractivity contribution in [2.24, 2.45) is 0 Å². The van der Waals surface area contributed by atoms with Crippen LogP contribution in [0.4, 0.5) is 5.69 Å². The maximum absolute atomic E-state index is 10.9. The van der Waals surface area contributed by atoms with E-state index in [1.807, 2.05) is 24.3 Å². The predicted molar refractivity (Wildman–Crippen MR) is 70.6 cm³/mol. The summed E-state index contributed by atoms with van der Waals surface area (Å²) in [5.74, 6) is 0. The van der Waals surface area contributed by atoms with Crippen LogP contribution in [-0.4, -0.2) is 9.91 Å². The minimum atomic E-state index is -0.369. The molecule has 0 bridgehead atoms. The summed E-state index contributed by atoms with van der Waals surface area (Å²) in [7, 11) is 0. The van der Waals surface area contributed by atoms with E-state index in [0.717, 1.165) is 16.2 Å². The van der Waals surface area contributed by atoms with E-state index in [9.17, 15) is 10.1 Å². The van der Waals surface area contributed by atoms with Gasteiger partial charge in [0.2, 0.25) is 0 Å². The molecule has 0 radical (unpaired) electrons. The smallest absolute Gasteiger partial charge is 0.258 e. The van der Waals surface area contributed by atoms with E-state index in [4.69, 9.17) is 0 Å². The zero-order chi connectivity index (χ0) is 12.7. The zero-order valence-electron chi connectivity index (χ0n) is 9.75. The number of nitrogens with zero attached hydrogens (tertiary/aromatic N) is 2. The van der Waals surface area contributed by atoms with Crippen LogP contribution in [0.5, 0.6) is 0 Å². The fourth-order valence-corrected chi connectivity index (χ4v) is 2.26. The summed E-state index contributed by atoms with van der Waals surface area (Å²) < 4.78 is 0. The zero-order valence-corrected chi connectivity index (χ0v) is 9.75. The van der Waals surface area contributed by atoms with Gasteiger partial charge in [-0.05, 0) is 18.4 Å². The third-order valence-electron chi connectivity index (χ3n) is 3.18. The van der Waals surface area contributed by atoms with Crippen LogP contribution in [0.25, 0.3) is 21.7 Å². The van der Waals surface area contributed by atoms with E-state index in [-0.39, 0.29) is 10.6 Å². The molecule has 3 rings (SSSR count). The monoisotopic (exact) mass is 238 g/mol. The van der Waals surface area contributed by atoms with Crippen LogP contribution in [0.2, 0.25) is 0 Å². The molecular weight excluding hydrogens is 228 g/mol. The largest absolute Gasteiger partial charge is 0.274 e. The SMILES string of the molecule is Cc1c([N+](=O)[O-])ccc2c1ncc1ccccc12. The Morgan fingerprint density at radius 1 is 1.11 bits per heavy atom. The number of nitro benzene ring substituents is 1. The highest BCUT2D eigenvalue weighted by molar-refractivity contribution is 6.06. The molecule has 1 aromatic heterocycles. The van der Waals surface area contributed by atoms with Crippen LogP contribution in [0.3, 0.4) is 0 Å². The topological polar surface area (TPSA) is 56.0 Å². The molecule has 0 atom stereocenters. The molecule has 0 saturated carbocycles. The van der Waals surface area contributed by atoms with Crippen LogP contribution >= 0.6 is 0 Å². The third kappa shape index (κ3) is 1.43. The van der Waals surface area contributed by atoms with Crippen molar-refractivity contribution < 1.29 is 4.92 Å². The van der Waals surface area contributed by atoms with Gasteiger partial charge in [-0.3, -0.25) is 15.1 Å². The standard InChI is InChI=1S/C14H10N2O2/c1-9-13(16(17)18)7-6-12-11-5-3-2-4-10(11)8-15-14(9)12/h2-8H,1H3. The first-order valence-corrected chi connectivity index (χ1v) is 5.60. The Kier molecular flexibility index (Phi) is 2.23. The molecule has 3 aromatic rings. The van der Waals surface area contributed by atoms with Gasteiger partial charge in [-0.15, -0.1) is 0 Å². The van der Waals surface area contributed by atoms with Gasteiger partial charge < -0.3 is 0 Å². The molecule has 4 nitrogen and oxygen atoms in total. The van der Waals surface area contributed by atoms with Crippen molar-refractivity contribution in [2.75, 3.05) is 0 Å². The Morgan fingerprint density at radius 3 is 2.67 bits per heavy atom. The van der Waals surface area contributed by atoms with Crippen molar-refractivity contribution in [3.8, 4) is 0 Å². The summed E-state index contributed by atoms with van der Waals surface area (Å²) in [5, 5.41) is 14.0. The molecule has 0 aliphatic carbocycles. The second-order valence-electron chi connectivity index (χ2n) is 4.21. The third-order valence-corrected chi connectivity index (χ3v) is 3.18. The summed E-state index contributed by atoms with van der Waals surface area (Å²) in [6, 6.07) is 11.2. The highest BCUT2D eigenvalue weighted by atomic mass is 16.6. The molecule has 18 heavy (non-hydrogen) atoms. The predicted octanol–water partition coefficient (Wildman–Crippen LogP) is 3.60. The summed E-state index contributed by atoms with van der Waals surface area (Å²) in [4.78, 5) is 14.9. The van der Waals surface area contributed by atoms with Gasteiger partial charge in [0.15, 0.2) is 0 Å². The Labute approximate surface area is 103 Å². The quantitative estimate of drug-likeness (QED) is 0.369. The summed E-state index contributed by atoms with van der Waals surface area (Å²) in [6.45, 7) is 1.74. The number of hydrogen-bond acceptors (Lipinski definition) is 3. The molecule has 4 heteroatoms. The highest BCUT2D eigenvalue weighted by Crippen LogP contribution is 2.30. The molecule has 0 aliphatic rings. The van der Waals surface area contributed by atoms with Crippen LogP contribution in [0.1, 0.15) is 5.56 Å². The molecule has 0 amide bonds. The fraction of sp³-hybridized carbons (Fsp3) is 0.0714. The lowest BCUT2D eigenvalue weighted by atomic mass is 10.0.